The number of amides is 1. The van der Waals surface area contributed by atoms with Gasteiger partial charge >= 0.3 is 6.09 Å². The van der Waals surface area contributed by atoms with Gasteiger partial charge in [0.25, 0.3) is 0 Å². The van der Waals surface area contributed by atoms with Gasteiger partial charge in [0, 0.05) is 11.6 Å². The fourth-order valence-corrected chi connectivity index (χ4v) is 6.60. The van der Waals surface area contributed by atoms with E-state index < -0.39 is 11.7 Å². The Morgan fingerprint density at radius 2 is 1.85 bits per heavy atom. The van der Waals surface area contributed by atoms with Gasteiger partial charge in [-0.15, -0.1) is 0 Å². The number of benzene rings is 2. The number of halogens is 1. The molecule has 39 heavy (non-hydrogen) atoms. The summed E-state index contributed by atoms with van der Waals surface area (Å²) >= 11 is 6.65. The van der Waals surface area contributed by atoms with Crippen LogP contribution in [0.2, 0.25) is 5.02 Å². The van der Waals surface area contributed by atoms with E-state index in [2.05, 4.69) is 40.2 Å². The van der Waals surface area contributed by atoms with Crippen molar-refractivity contribution in [2.24, 2.45) is 11.1 Å². The predicted molar refractivity (Wildman–Crippen MR) is 158 cm³/mol. The van der Waals surface area contributed by atoms with Crippen LogP contribution in [0.25, 0.3) is 10.9 Å². The van der Waals surface area contributed by atoms with Crippen LogP contribution in [0.15, 0.2) is 54.7 Å². The zero-order valence-corrected chi connectivity index (χ0v) is 24.3. The Morgan fingerprint density at radius 1 is 1.10 bits per heavy atom. The zero-order chi connectivity index (χ0) is 27.9. The highest BCUT2D eigenvalue weighted by molar-refractivity contribution is 6.32. The maximum Gasteiger partial charge on any atom is 0.405 e. The molecule has 1 fully saturated rings. The Morgan fingerprint density at radius 3 is 2.54 bits per heavy atom. The van der Waals surface area contributed by atoms with Gasteiger partial charge in [0.2, 0.25) is 0 Å². The molecule has 2 aromatic carbocycles. The van der Waals surface area contributed by atoms with Crippen LogP contribution in [0.5, 0.6) is 5.75 Å². The molecule has 3 aromatic rings. The van der Waals surface area contributed by atoms with Crippen LogP contribution >= 0.6 is 11.6 Å². The summed E-state index contributed by atoms with van der Waals surface area (Å²) in [5.41, 5.74) is 8.31. The Balaban J connectivity index is 1.42. The molecule has 1 aliphatic heterocycles. The van der Waals surface area contributed by atoms with Crippen molar-refractivity contribution < 1.29 is 14.3 Å². The number of ether oxygens (including phenoxy) is 2. The van der Waals surface area contributed by atoms with E-state index in [0.717, 1.165) is 93.2 Å². The van der Waals surface area contributed by atoms with E-state index in [-0.39, 0.29) is 5.41 Å². The van der Waals surface area contributed by atoms with Crippen molar-refractivity contribution in [1.29, 1.82) is 0 Å². The molecule has 7 heteroatoms. The van der Waals surface area contributed by atoms with Crippen LogP contribution in [0.3, 0.4) is 0 Å². The van der Waals surface area contributed by atoms with Crippen LogP contribution in [0.4, 0.5) is 4.79 Å². The molecule has 0 radical (unpaired) electrons. The first-order valence-corrected chi connectivity index (χ1v) is 14.4. The van der Waals surface area contributed by atoms with Gasteiger partial charge in [-0.05, 0) is 120 Å². The highest BCUT2D eigenvalue weighted by atomic mass is 35.5. The highest BCUT2D eigenvalue weighted by Crippen LogP contribution is 2.44. The van der Waals surface area contributed by atoms with Gasteiger partial charge in [-0.25, -0.2) is 4.79 Å². The van der Waals surface area contributed by atoms with Crippen LogP contribution in [0.1, 0.15) is 63.5 Å². The second-order valence-corrected chi connectivity index (χ2v) is 12.0. The number of pyridine rings is 1. The number of nitrogens with two attached hydrogens (primary N) is 1. The quantitative estimate of drug-likeness (QED) is 0.257. The van der Waals surface area contributed by atoms with Crippen molar-refractivity contribution in [1.82, 2.24) is 9.88 Å². The average molecular weight is 552 g/mol. The lowest BCUT2D eigenvalue weighted by atomic mass is 9.68. The number of methoxy groups -OCH3 is 1. The summed E-state index contributed by atoms with van der Waals surface area (Å²) in [6.07, 6.45) is 9.10. The van der Waals surface area contributed by atoms with Crippen molar-refractivity contribution in [2.45, 2.75) is 70.8 Å². The van der Waals surface area contributed by atoms with Crippen LogP contribution < -0.4 is 10.5 Å². The van der Waals surface area contributed by atoms with Gasteiger partial charge < -0.3 is 20.1 Å². The maximum atomic E-state index is 11.6. The summed E-state index contributed by atoms with van der Waals surface area (Å²) in [5, 5.41) is 1.73. The second kappa shape index (κ2) is 13.0. The Hall–Kier alpha value is -2.83. The molecule has 0 bridgehead atoms. The van der Waals surface area contributed by atoms with Crippen LogP contribution in [-0.4, -0.2) is 48.3 Å². The smallest absolute Gasteiger partial charge is 0.405 e. The van der Waals surface area contributed by atoms with Gasteiger partial charge in [-0.3, -0.25) is 4.98 Å². The molecule has 6 nitrogen and oxygen atoms in total. The lowest BCUT2D eigenvalue weighted by Crippen LogP contribution is -2.45. The third kappa shape index (κ3) is 8.09. The minimum Gasteiger partial charge on any atom is -0.497 e. The summed E-state index contributed by atoms with van der Waals surface area (Å²) in [4.78, 5) is 18.7. The number of primary amides is 1. The van der Waals surface area contributed by atoms with Crippen molar-refractivity contribution in [3.8, 4) is 5.75 Å². The number of carbonyl (C=O) groups is 1. The monoisotopic (exact) mass is 551 g/mol. The molecule has 2 N–H and O–H groups in total. The molecule has 0 aliphatic carbocycles. The summed E-state index contributed by atoms with van der Waals surface area (Å²) in [5.74, 6) is 0.800. The molecule has 1 aromatic heterocycles. The van der Waals surface area contributed by atoms with E-state index in [1.165, 1.54) is 5.56 Å². The molecule has 1 aliphatic rings. The van der Waals surface area contributed by atoms with E-state index in [1.54, 1.807) is 13.3 Å². The normalized spacial score (nSPS) is 15.8. The molecule has 2 heterocycles. The van der Waals surface area contributed by atoms with Crippen molar-refractivity contribution >= 4 is 28.6 Å². The van der Waals surface area contributed by atoms with Gasteiger partial charge in [-0.2, -0.15) is 0 Å². The predicted octanol–water partition coefficient (Wildman–Crippen LogP) is 7.20. The molecular weight excluding hydrogens is 510 g/mol. The molecule has 210 valence electrons. The van der Waals surface area contributed by atoms with E-state index in [4.69, 9.17) is 26.8 Å². The number of piperidine rings is 1. The lowest BCUT2D eigenvalue weighted by Gasteiger charge is -2.45. The number of aromatic nitrogens is 1. The first kappa shape index (κ1) is 29.2. The van der Waals surface area contributed by atoms with Crippen LogP contribution in [-0.2, 0) is 17.6 Å². The molecule has 0 atom stereocenters. The number of fused-ring (bicyclic) bond motifs is 1. The molecule has 1 saturated heterocycles. The first-order chi connectivity index (χ1) is 18.7. The van der Waals surface area contributed by atoms with Gasteiger partial charge in [0.1, 0.15) is 11.4 Å². The van der Waals surface area contributed by atoms with Crippen molar-refractivity contribution in [3.05, 3.63) is 70.9 Å². The second-order valence-electron chi connectivity index (χ2n) is 11.6. The van der Waals surface area contributed by atoms with Gasteiger partial charge in [-0.1, -0.05) is 41.9 Å². The fraction of sp³-hybridized carbons (Fsp3) is 0.500. The number of carbonyl (C=O) groups excluding carboxylic acids is 1. The average Bonchev–Trinajstić information content (AvgIpc) is 2.90. The SMILES string of the molecule is COc1ccc2ncc(Cl)c(CCCC3(CC(C)(C)OC(N)=O)CCN(CCCc4ccccc4)CC3)c2c1. The number of likely N-dealkylation sites (tertiary alicyclic amines) is 1. The Labute approximate surface area is 237 Å². The molecule has 0 unspecified atom stereocenters. The van der Waals surface area contributed by atoms with Crippen molar-refractivity contribution in [3.63, 3.8) is 0 Å². The Bertz CT molecular complexity index is 1240. The molecular formula is C32H42ClN3O3. The molecule has 0 spiro atoms. The van der Waals surface area contributed by atoms with Crippen molar-refractivity contribution in [2.75, 3.05) is 26.7 Å². The minimum atomic E-state index is -0.711. The minimum absolute atomic E-state index is 0.0713. The summed E-state index contributed by atoms with van der Waals surface area (Å²) in [6, 6.07) is 16.6. The molecule has 0 saturated carbocycles. The number of nitrogens with zero attached hydrogens (tertiary/aromatic N) is 2. The van der Waals surface area contributed by atoms with E-state index in [0.29, 0.717) is 5.02 Å². The summed E-state index contributed by atoms with van der Waals surface area (Å²) < 4.78 is 11.0. The van der Waals surface area contributed by atoms with Crippen LogP contribution in [0, 0.1) is 5.41 Å². The topological polar surface area (TPSA) is 77.7 Å². The van der Waals surface area contributed by atoms with E-state index >= 15 is 0 Å². The fourth-order valence-electron chi connectivity index (χ4n) is 6.35. The van der Waals surface area contributed by atoms with E-state index in [9.17, 15) is 4.79 Å². The third-order valence-corrected chi connectivity index (χ3v) is 8.47. The number of rotatable bonds is 12. The lowest BCUT2D eigenvalue weighted by molar-refractivity contribution is -0.0223. The maximum absolute atomic E-state index is 11.6. The van der Waals surface area contributed by atoms with Gasteiger partial charge in [0.05, 0.1) is 17.6 Å². The summed E-state index contributed by atoms with van der Waals surface area (Å²) in [7, 11) is 1.67. The third-order valence-electron chi connectivity index (χ3n) is 8.14. The number of hydrogen-bond donors (Lipinski definition) is 1. The van der Waals surface area contributed by atoms with Gasteiger partial charge in [0.15, 0.2) is 0 Å². The largest absolute Gasteiger partial charge is 0.497 e. The molecule has 4 rings (SSSR count). The molecule has 1 amide bonds. The Kier molecular flexibility index (Phi) is 9.73. The standard InChI is InChI=1S/C32H42ClN3O3/c1-31(2,39-30(34)37)23-32(16-19-36(20-17-32)18-8-11-24-9-5-4-6-10-24)15-7-12-26-27-21-25(38-3)13-14-29(27)35-22-28(26)33/h4-6,9-10,13-14,21-22H,7-8,11-12,15-20,23H2,1-3H3,(H2,34,37). The highest BCUT2D eigenvalue weighted by Gasteiger charge is 2.40. The first-order valence-electron chi connectivity index (χ1n) is 14.0. The number of hydrogen-bond acceptors (Lipinski definition) is 5. The zero-order valence-electron chi connectivity index (χ0n) is 23.5. The number of aryl methyl sites for hydroxylation is 2. The van der Waals surface area contributed by atoms with E-state index in [1.807, 2.05) is 32.0 Å². The summed E-state index contributed by atoms with van der Waals surface area (Å²) in [6.45, 7) is 7.16.